The molecule has 2 rings (SSSR count). The molecule has 0 spiro atoms. The SMILES string of the molecule is Cc1ccc(C(=O)CC(CC(=O)Cc2ccc(Cl)c(Cl)c2)C(Cl)(Cl)Cl)cc1. The van der Waals surface area contributed by atoms with E-state index in [0.717, 1.165) is 5.56 Å². The highest BCUT2D eigenvalue weighted by Crippen LogP contribution is 2.40. The van der Waals surface area contributed by atoms with Gasteiger partial charge in [-0.25, -0.2) is 0 Å². The summed E-state index contributed by atoms with van der Waals surface area (Å²) in [5, 5.41) is 0.783. The molecular formula is C20H17Cl5O2. The lowest BCUT2D eigenvalue weighted by Crippen LogP contribution is -2.26. The number of hydrogen-bond acceptors (Lipinski definition) is 2. The molecule has 1 unspecified atom stereocenters. The summed E-state index contributed by atoms with van der Waals surface area (Å²) < 4.78 is -1.73. The van der Waals surface area contributed by atoms with E-state index in [1.165, 1.54) is 0 Å². The normalized spacial score (nSPS) is 12.7. The summed E-state index contributed by atoms with van der Waals surface area (Å²) in [5.41, 5.74) is 2.28. The van der Waals surface area contributed by atoms with E-state index in [1.807, 2.05) is 19.1 Å². The third-order valence-electron chi connectivity index (χ3n) is 4.13. The van der Waals surface area contributed by atoms with Gasteiger partial charge in [-0.1, -0.05) is 93.9 Å². The molecule has 0 saturated heterocycles. The summed E-state index contributed by atoms with van der Waals surface area (Å²) in [6.45, 7) is 1.93. The molecule has 7 heteroatoms. The Hall–Kier alpha value is -0.770. The number of aryl methyl sites for hydroxylation is 1. The Morgan fingerprint density at radius 1 is 0.926 bits per heavy atom. The number of ketones is 2. The van der Waals surface area contributed by atoms with E-state index in [4.69, 9.17) is 58.0 Å². The fraction of sp³-hybridized carbons (Fsp3) is 0.300. The Bertz CT molecular complexity index is 825. The van der Waals surface area contributed by atoms with Crippen LogP contribution in [0.5, 0.6) is 0 Å². The highest BCUT2D eigenvalue weighted by atomic mass is 35.6. The summed E-state index contributed by atoms with van der Waals surface area (Å²) in [5.74, 6) is -1.05. The third kappa shape index (κ3) is 6.96. The average Bonchev–Trinajstić information content (AvgIpc) is 2.57. The molecule has 0 heterocycles. The summed E-state index contributed by atoms with van der Waals surface area (Å²) in [6, 6.07) is 12.1. The summed E-state index contributed by atoms with van der Waals surface area (Å²) in [6.07, 6.45) is 0.0495. The minimum Gasteiger partial charge on any atom is -0.299 e. The van der Waals surface area contributed by atoms with E-state index in [1.54, 1.807) is 30.3 Å². The van der Waals surface area contributed by atoms with Gasteiger partial charge in [-0.3, -0.25) is 9.59 Å². The fourth-order valence-electron chi connectivity index (χ4n) is 2.61. The lowest BCUT2D eigenvalue weighted by molar-refractivity contribution is -0.119. The van der Waals surface area contributed by atoms with Crippen molar-refractivity contribution in [3.63, 3.8) is 0 Å². The number of carbonyl (C=O) groups excluding carboxylic acids is 2. The monoisotopic (exact) mass is 464 g/mol. The highest BCUT2D eigenvalue weighted by Gasteiger charge is 2.35. The second-order valence-electron chi connectivity index (χ2n) is 6.40. The quantitative estimate of drug-likeness (QED) is 0.323. The highest BCUT2D eigenvalue weighted by molar-refractivity contribution is 6.67. The van der Waals surface area contributed by atoms with E-state index in [2.05, 4.69) is 0 Å². The first-order valence-corrected chi connectivity index (χ1v) is 10.1. The molecule has 0 saturated carbocycles. The molecule has 0 amide bonds. The zero-order valence-corrected chi connectivity index (χ0v) is 18.2. The molecule has 0 bridgehead atoms. The first-order valence-electron chi connectivity index (χ1n) is 8.18. The van der Waals surface area contributed by atoms with Crippen LogP contribution in [0.15, 0.2) is 42.5 Å². The van der Waals surface area contributed by atoms with E-state index in [0.29, 0.717) is 21.2 Å². The zero-order valence-electron chi connectivity index (χ0n) is 14.4. The molecule has 0 N–H and O–H groups in total. The smallest absolute Gasteiger partial charge is 0.194 e. The van der Waals surface area contributed by atoms with Gasteiger partial charge in [-0.15, -0.1) is 0 Å². The van der Waals surface area contributed by atoms with Crippen molar-refractivity contribution in [3.05, 3.63) is 69.2 Å². The molecule has 0 radical (unpaired) electrons. The molecule has 0 aliphatic heterocycles. The van der Waals surface area contributed by atoms with Crippen LogP contribution in [0.1, 0.15) is 34.3 Å². The van der Waals surface area contributed by atoms with Gasteiger partial charge in [0.2, 0.25) is 0 Å². The summed E-state index contributed by atoms with van der Waals surface area (Å²) in [4.78, 5) is 25.0. The predicted octanol–water partition coefficient (Wildman–Crippen LogP) is 7.06. The number of halogens is 5. The number of carbonyl (C=O) groups is 2. The van der Waals surface area contributed by atoms with Gasteiger partial charge in [0, 0.05) is 30.7 Å². The Morgan fingerprint density at radius 2 is 1.56 bits per heavy atom. The summed E-state index contributed by atoms with van der Waals surface area (Å²) in [7, 11) is 0. The van der Waals surface area contributed by atoms with Crippen molar-refractivity contribution in [2.75, 3.05) is 0 Å². The molecule has 2 aromatic carbocycles. The number of rotatable bonds is 7. The van der Waals surface area contributed by atoms with Crippen LogP contribution in [0, 0.1) is 12.8 Å². The van der Waals surface area contributed by atoms with Gasteiger partial charge in [0.05, 0.1) is 10.0 Å². The van der Waals surface area contributed by atoms with E-state index >= 15 is 0 Å². The average molecular weight is 467 g/mol. The molecular weight excluding hydrogens is 449 g/mol. The first-order chi connectivity index (χ1) is 12.6. The minimum absolute atomic E-state index is 0.0334. The Labute approximate surface area is 183 Å². The van der Waals surface area contributed by atoms with Crippen molar-refractivity contribution < 1.29 is 9.59 Å². The third-order valence-corrected chi connectivity index (χ3v) is 5.79. The standard InChI is InChI=1S/C20H17Cl5O2/c1-12-2-5-14(6-3-12)19(27)11-15(20(23,24)25)10-16(26)8-13-4-7-17(21)18(22)9-13/h2-7,9,15H,8,10-11H2,1H3. The van der Waals surface area contributed by atoms with Crippen molar-refractivity contribution in [2.45, 2.75) is 30.0 Å². The predicted molar refractivity (Wildman–Crippen MR) is 114 cm³/mol. The first kappa shape index (κ1) is 22.5. The molecule has 2 aromatic rings. The van der Waals surface area contributed by atoms with Crippen LogP contribution in [-0.2, 0) is 11.2 Å². The number of alkyl halides is 3. The fourth-order valence-corrected chi connectivity index (χ4v) is 3.39. The van der Waals surface area contributed by atoms with E-state index in [9.17, 15) is 9.59 Å². The zero-order chi connectivity index (χ0) is 20.2. The number of Topliss-reactive ketones (excluding diaryl/α,β-unsaturated/α-hetero) is 2. The van der Waals surface area contributed by atoms with Crippen molar-refractivity contribution in [2.24, 2.45) is 5.92 Å². The van der Waals surface area contributed by atoms with Crippen LogP contribution in [0.3, 0.4) is 0 Å². The van der Waals surface area contributed by atoms with E-state index in [-0.39, 0.29) is 30.8 Å². The molecule has 2 nitrogen and oxygen atoms in total. The van der Waals surface area contributed by atoms with Crippen molar-refractivity contribution in [1.29, 1.82) is 0 Å². The maximum Gasteiger partial charge on any atom is 0.194 e. The number of benzene rings is 2. The van der Waals surface area contributed by atoms with Crippen LogP contribution in [0.25, 0.3) is 0 Å². The lowest BCUT2D eigenvalue weighted by Gasteiger charge is -2.23. The number of hydrogen-bond donors (Lipinski definition) is 0. The minimum atomic E-state index is -1.73. The van der Waals surface area contributed by atoms with E-state index < -0.39 is 9.71 Å². The lowest BCUT2D eigenvalue weighted by atomic mass is 9.92. The largest absolute Gasteiger partial charge is 0.299 e. The van der Waals surface area contributed by atoms with Crippen molar-refractivity contribution in [3.8, 4) is 0 Å². The van der Waals surface area contributed by atoms with Gasteiger partial charge in [-0.05, 0) is 24.6 Å². The van der Waals surface area contributed by atoms with Crippen LogP contribution < -0.4 is 0 Å². The molecule has 0 fully saturated rings. The summed E-state index contributed by atoms with van der Waals surface area (Å²) >= 11 is 30.0. The topological polar surface area (TPSA) is 34.1 Å². The molecule has 0 aromatic heterocycles. The van der Waals surface area contributed by atoms with Crippen LogP contribution in [-0.4, -0.2) is 15.4 Å². The molecule has 0 aliphatic carbocycles. The second-order valence-corrected chi connectivity index (χ2v) is 9.58. The van der Waals surface area contributed by atoms with Crippen LogP contribution >= 0.6 is 58.0 Å². The van der Waals surface area contributed by atoms with Gasteiger partial charge in [0.15, 0.2) is 9.58 Å². The van der Waals surface area contributed by atoms with Crippen LogP contribution in [0.4, 0.5) is 0 Å². The van der Waals surface area contributed by atoms with Gasteiger partial charge >= 0.3 is 0 Å². The Morgan fingerprint density at radius 3 is 2.11 bits per heavy atom. The molecule has 144 valence electrons. The molecule has 27 heavy (non-hydrogen) atoms. The maximum absolute atomic E-state index is 12.5. The molecule has 0 aliphatic rings. The van der Waals surface area contributed by atoms with Gasteiger partial charge in [-0.2, -0.15) is 0 Å². The van der Waals surface area contributed by atoms with Gasteiger partial charge < -0.3 is 0 Å². The van der Waals surface area contributed by atoms with Crippen LogP contribution in [0.2, 0.25) is 10.0 Å². The van der Waals surface area contributed by atoms with Crippen molar-refractivity contribution in [1.82, 2.24) is 0 Å². The van der Waals surface area contributed by atoms with Crippen molar-refractivity contribution >= 4 is 69.6 Å². The molecule has 1 atom stereocenters. The second kappa shape index (κ2) is 9.62. The Balaban J connectivity index is 2.07. The van der Waals surface area contributed by atoms with Gasteiger partial charge in [0.25, 0.3) is 0 Å². The maximum atomic E-state index is 12.5. The Kier molecular flexibility index (Phi) is 8.03. The van der Waals surface area contributed by atoms with Gasteiger partial charge in [0.1, 0.15) is 5.78 Å².